The van der Waals surface area contributed by atoms with Gasteiger partial charge >= 0.3 is 5.97 Å². The monoisotopic (exact) mass is 382 g/mol. The quantitative estimate of drug-likeness (QED) is 0.385. The third-order valence-electron chi connectivity index (χ3n) is 3.79. The normalized spacial score (nSPS) is 10.5. The highest BCUT2D eigenvalue weighted by Gasteiger charge is 2.08. The van der Waals surface area contributed by atoms with Crippen LogP contribution >= 0.6 is 12.2 Å². The number of nitrogens with zero attached hydrogens (tertiary/aromatic N) is 1. The van der Waals surface area contributed by atoms with Crippen molar-refractivity contribution >= 4 is 18.2 Å². The molecule has 0 aliphatic carbocycles. The van der Waals surface area contributed by atoms with Gasteiger partial charge in [0.2, 0.25) is 0 Å². The predicted molar refractivity (Wildman–Crippen MR) is 104 cm³/mol. The number of benzene rings is 2. The van der Waals surface area contributed by atoms with Gasteiger partial charge in [-0.1, -0.05) is 48.5 Å². The maximum Gasteiger partial charge on any atom is 0.338 e. The highest BCUT2D eigenvalue weighted by molar-refractivity contribution is 7.71. The minimum atomic E-state index is -0.398. The van der Waals surface area contributed by atoms with Crippen molar-refractivity contribution in [3.05, 3.63) is 87.4 Å². The summed E-state index contributed by atoms with van der Waals surface area (Å²) in [5.41, 5.74) is 1.73. The van der Waals surface area contributed by atoms with Crippen LogP contribution < -0.4 is 5.56 Å². The van der Waals surface area contributed by atoms with E-state index < -0.39 is 5.97 Å². The number of esters is 1. The van der Waals surface area contributed by atoms with Gasteiger partial charge in [-0.2, -0.15) is 0 Å². The van der Waals surface area contributed by atoms with Gasteiger partial charge in [0, 0.05) is 6.07 Å². The molecule has 3 aromatic rings. The predicted octanol–water partition coefficient (Wildman–Crippen LogP) is 3.40. The summed E-state index contributed by atoms with van der Waals surface area (Å²) >= 11 is 5.25. The van der Waals surface area contributed by atoms with Crippen molar-refractivity contribution < 1.29 is 14.3 Å². The van der Waals surface area contributed by atoms with Gasteiger partial charge in [-0.05, 0) is 29.9 Å². The molecule has 1 heterocycles. The summed E-state index contributed by atoms with van der Waals surface area (Å²) in [6.07, 6.45) is 0. The lowest BCUT2D eigenvalue weighted by Crippen LogP contribution is -2.18. The number of H-pyrrole nitrogens is 1. The van der Waals surface area contributed by atoms with E-state index in [0.29, 0.717) is 11.3 Å². The van der Waals surface area contributed by atoms with Crippen molar-refractivity contribution in [3.8, 4) is 11.3 Å². The van der Waals surface area contributed by atoms with E-state index in [1.807, 2.05) is 36.4 Å². The summed E-state index contributed by atoms with van der Waals surface area (Å²) in [4.78, 5) is 26.2. The Morgan fingerprint density at radius 3 is 2.37 bits per heavy atom. The Hall–Kier alpha value is -3.03. The average molecular weight is 382 g/mol. The number of hydrogen-bond donors (Lipinski definition) is 1. The molecular weight excluding hydrogens is 364 g/mol. The fourth-order valence-corrected chi connectivity index (χ4v) is 2.76. The zero-order valence-corrected chi connectivity index (χ0v) is 15.3. The number of carbonyl (C=O) groups excluding carboxylic acids is 1. The van der Waals surface area contributed by atoms with Crippen LogP contribution in [0.5, 0.6) is 0 Å². The lowest BCUT2D eigenvalue weighted by atomic mass is 10.1. The van der Waals surface area contributed by atoms with Crippen LogP contribution in [-0.2, 0) is 16.2 Å². The SMILES string of the molecule is O=C(OCCOCn1c(-c2ccccc2)cc(=O)[nH]c1=S)c1ccccc1. The number of nitrogens with one attached hydrogen (secondary N) is 1. The molecule has 0 saturated heterocycles. The summed E-state index contributed by atoms with van der Waals surface area (Å²) in [5, 5.41) is 0. The molecule has 27 heavy (non-hydrogen) atoms. The Kier molecular flexibility index (Phi) is 6.30. The molecule has 1 aromatic heterocycles. The molecule has 0 unspecified atom stereocenters. The molecule has 3 rings (SSSR count). The Labute approximate surface area is 161 Å². The molecule has 0 saturated carbocycles. The van der Waals surface area contributed by atoms with Crippen molar-refractivity contribution in [3.63, 3.8) is 0 Å². The molecule has 6 nitrogen and oxygen atoms in total. The zero-order valence-electron chi connectivity index (χ0n) is 14.5. The van der Waals surface area contributed by atoms with Crippen LogP contribution in [0.2, 0.25) is 0 Å². The maximum atomic E-state index is 11.9. The molecular formula is C20H18N2O4S. The van der Waals surface area contributed by atoms with Gasteiger partial charge in [0.05, 0.1) is 17.9 Å². The maximum absolute atomic E-state index is 11.9. The van der Waals surface area contributed by atoms with Crippen LogP contribution in [0.15, 0.2) is 71.5 Å². The van der Waals surface area contributed by atoms with E-state index in [4.69, 9.17) is 21.7 Å². The Morgan fingerprint density at radius 2 is 1.67 bits per heavy atom. The van der Waals surface area contributed by atoms with Gasteiger partial charge in [-0.15, -0.1) is 0 Å². The number of rotatable bonds is 7. The van der Waals surface area contributed by atoms with E-state index in [9.17, 15) is 9.59 Å². The molecule has 7 heteroatoms. The second-order valence-electron chi connectivity index (χ2n) is 5.66. The minimum absolute atomic E-state index is 0.116. The second kappa shape index (κ2) is 9.07. The zero-order chi connectivity index (χ0) is 19.1. The largest absolute Gasteiger partial charge is 0.460 e. The summed E-state index contributed by atoms with van der Waals surface area (Å²) in [7, 11) is 0. The van der Waals surface area contributed by atoms with Crippen LogP contribution in [0, 0.1) is 4.77 Å². The van der Waals surface area contributed by atoms with Crippen molar-refractivity contribution in [1.82, 2.24) is 9.55 Å². The van der Waals surface area contributed by atoms with Gasteiger partial charge in [0.1, 0.15) is 13.3 Å². The topological polar surface area (TPSA) is 73.3 Å². The minimum Gasteiger partial charge on any atom is -0.460 e. The van der Waals surface area contributed by atoms with Crippen LogP contribution in [0.1, 0.15) is 10.4 Å². The van der Waals surface area contributed by atoms with E-state index in [1.165, 1.54) is 6.07 Å². The first kappa shape index (κ1) is 18.8. The summed E-state index contributed by atoms with van der Waals surface area (Å²) in [6.45, 7) is 0.446. The number of hydrogen-bond acceptors (Lipinski definition) is 5. The highest BCUT2D eigenvalue weighted by Crippen LogP contribution is 2.17. The van der Waals surface area contributed by atoms with Gasteiger partial charge in [0.15, 0.2) is 4.77 Å². The smallest absolute Gasteiger partial charge is 0.338 e. The van der Waals surface area contributed by atoms with Crippen LogP contribution in [0.25, 0.3) is 11.3 Å². The summed E-state index contributed by atoms with van der Waals surface area (Å²) in [5.74, 6) is -0.398. The molecule has 0 bridgehead atoms. The van der Waals surface area contributed by atoms with Gasteiger partial charge in [-0.25, -0.2) is 4.79 Å². The van der Waals surface area contributed by atoms with Gasteiger partial charge in [-0.3, -0.25) is 14.3 Å². The van der Waals surface area contributed by atoms with E-state index >= 15 is 0 Å². The standard InChI is InChI=1S/C20H18N2O4S/c23-18-13-17(15-7-3-1-4-8-15)22(20(27)21-18)14-25-11-12-26-19(24)16-9-5-2-6-10-16/h1-10,13H,11-12,14H2,(H,21,23,27). The third kappa shape index (κ3) is 4.99. The van der Waals surface area contributed by atoms with Gasteiger partial charge in [0.25, 0.3) is 5.56 Å². The lowest BCUT2D eigenvalue weighted by Gasteiger charge is -2.14. The van der Waals surface area contributed by atoms with E-state index in [-0.39, 0.29) is 30.3 Å². The summed E-state index contributed by atoms with van der Waals surface area (Å²) < 4.78 is 12.7. The molecule has 0 aliphatic rings. The lowest BCUT2D eigenvalue weighted by molar-refractivity contribution is 0.0171. The fraction of sp³-hybridized carbons (Fsp3) is 0.150. The first-order valence-corrected chi connectivity index (χ1v) is 8.75. The molecule has 2 aromatic carbocycles. The molecule has 0 aliphatic heterocycles. The second-order valence-corrected chi connectivity index (χ2v) is 6.04. The van der Waals surface area contributed by atoms with Crippen molar-refractivity contribution in [2.24, 2.45) is 0 Å². The summed E-state index contributed by atoms with van der Waals surface area (Å²) in [6, 6.07) is 19.7. The average Bonchev–Trinajstić information content (AvgIpc) is 2.70. The van der Waals surface area contributed by atoms with E-state index in [2.05, 4.69) is 4.98 Å². The van der Waals surface area contributed by atoms with Crippen molar-refractivity contribution in [2.45, 2.75) is 6.73 Å². The first-order chi connectivity index (χ1) is 13.1. The fourth-order valence-electron chi connectivity index (χ4n) is 2.50. The number of aromatic nitrogens is 2. The van der Waals surface area contributed by atoms with Crippen LogP contribution in [-0.4, -0.2) is 28.7 Å². The molecule has 0 radical (unpaired) electrons. The first-order valence-electron chi connectivity index (χ1n) is 8.34. The van der Waals surface area contributed by atoms with E-state index in [1.54, 1.807) is 28.8 Å². The Morgan fingerprint density at radius 1 is 1.00 bits per heavy atom. The molecule has 0 spiro atoms. The molecule has 0 fully saturated rings. The van der Waals surface area contributed by atoms with Crippen LogP contribution in [0.3, 0.4) is 0 Å². The molecule has 0 amide bonds. The molecule has 1 N–H and O–H groups in total. The highest BCUT2D eigenvalue weighted by atomic mass is 32.1. The van der Waals surface area contributed by atoms with Gasteiger partial charge < -0.3 is 9.47 Å². The molecule has 138 valence electrons. The number of aromatic amines is 1. The van der Waals surface area contributed by atoms with Crippen molar-refractivity contribution in [2.75, 3.05) is 13.2 Å². The Balaban J connectivity index is 1.61. The molecule has 0 atom stereocenters. The number of ether oxygens (including phenoxy) is 2. The van der Waals surface area contributed by atoms with E-state index in [0.717, 1.165) is 5.56 Å². The number of carbonyl (C=O) groups is 1. The van der Waals surface area contributed by atoms with Crippen molar-refractivity contribution in [1.29, 1.82) is 0 Å². The van der Waals surface area contributed by atoms with Crippen LogP contribution in [0.4, 0.5) is 0 Å². The third-order valence-corrected chi connectivity index (χ3v) is 4.12. The Bertz CT molecular complexity index is 1010.